The second-order valence-electron chi connectivity index (χ2n) is 2.98. The molecular weight excluding hydrogens is 186 g/mol. The summed E-state index contributed by atoms with van der Waals surface area (Å²) in [5, 5.41) is 1.61. The van der Waals surface area contributed by atoms with Gasteiger partial charge in [0.2, 0.25) is 0 Å². The van der Waals surface area contributed by atoms with Gasteiger partial charge in [-0.05, 0) is 18.2 Å². The van der Waals surface area contributed by atoms with Crippen molar-refractivity contribution >= 4 is 28.8 Å². The normalized spacial score (nSPS) is 10.6. The second kappa shape index (κ2) is 2.89. The Hall–Kier alpha value is -1.28. The number of hydrogen-bond acceptors (Lipinski definition) is 1. The third kappa shape index (κ3) is 1.23. The van der Waals surface area contributed by atoms with Crippen molar-refractivity contribution in [2.45, 2.75) is 0 Å². The van der Waals surface area contributed by atoms with Crippen LogP contribution in [0.4, 0.5) is 0 Å². The van der Waals surface area contributed by atoms with E-state index in [2.05, 4.69) is 0 Å². The van der Waals surface area contributed by atoms with Crippen molar-refractivity contribution < 1.29 is 4.79 Å². The monoisotopic (exact) mass is 193 g/mol. The second-order valence-corrected chi connectivity index (χ2v) is 3.39. The van der Waals surface area contributed by atoms with Gasteiger partial charge in [-0.25, -0.2) is 0 Å². The lowest BCUT2D eigenvalue weighted by Crippen LogP contribution is -1.86. The van der Waals surface area contributed by atoms with Crippen LogP contribution >= 0.6 is 11.6 Å². The lowest BCUT2D eigenvalue weighted by molar-refractivity contribution is 0.112. The van der Waals surface area contributed by atoms with Gasteiger partial charge in [0.05, 0.1) is 5.02 Å². The Morgan fingerprint density at radius 1 is 1.46 bits per heavy atom. The molecule has 0 unspecified atom stereocenters. The van der Waals surface area contributed by atoms with Crippen LogP contribution in [0.15, 0.2) is 24.4 Å². The minimum Gasteiger partial charge on any atom is -0.350 e. The number of halogens is 1. The van der Waals surface area contributed by atoms with Crippen molar-refractivity contribution in [1.82, 2.24) is 4.57 Å². The molecule has 0 N–H and O–H groups in total. The van der Waals surface area contributed by atoms with Gasteiger partial charge in [-0.1, -0.05) is 11.6 Å². The summed E-state index contributed by atoms with van der Waals surface area (Å²) in [7, 11) is 1.92. The summed E-state index contributed by atoms with van der Waals surface area (Å²) in [6, 6.07) is 5.44. The van der Waals surface area contributed by atoms with E-state index < -0.39 is 0 Å². The van der Waals surface area contributed by atoms with Crippen molar-refractivity contribution in [3.63, 3.8) is 0 Å². The van der Waals surface area contributed by atoms with Crippen LogP contribution in [0.3, 0.4) is 0 Å². The number of hydrogen-bond donors (Lipinski definition) is 0. The lowest BCUT2D eigenvalue weighted by Gasteiger charge is -1.99. The zero-order valence-electron chi connectivity index (χ0n) is 7.12. The summed E-state index contributed by atoms with van der Waals surface area (Å²) in [5.41, 5.74) is 1.59. The molecule has 3 heteroatoms. The van der Waals surface area contributed by atoms with Gasteiger partial charge in [-0.3, -0.25) is 4.79 Å². The molecule has 0 radical (unpaired) electrons. The fraction of sp³-hybridized carbons (Fsp3) is 0.100. The van der Waals surface area contributed by atoms with Gasteiger partial charge in [-0.2, -0.15) is 0 Å². The number of aryl methyl sites for hydroxylation is 1. The molecule has 0 aliphatic carbocycles. The summed E-state index contributed by atoms with van der Waals surface area (Å²) >= 11 is 5.98. The van der Waals surface area contributed by atoms with E-state index in [-0.39, 0.29) is 0 Å². The van der Waals surface area contributed by atoms with Crippen molar-refractivity contribution in [1.29, 1.82) is 0 Å². The molecule has 1 aromatic heterocycles. The van der Waals surface area contributed by atoms with Crippen LogP contribution in [0.1, 0.15) is 10.4 Å². The highest BCUT2D eigenvalue weighted by Gasteiger charge is 2.04. The SMILES string of the molecule is Cn1ccc2c(Cl)cc(C=O)cc21. The molecule has 2 aromatic rings. The maximum atomic E-state index is 10.6. The number of rotatable bonds is 1. The van der Waals surface area contributed by atoms with Gasteiger partial charge in [0.1, 0.15) is 6.29 Å². The van der Waals surface area contributed by atoms with Crippen molar-refractivity contribution in [3.8, 4) is 0 Å². The highest BCUT2D eigenvalue weighted by molar-refractivity contribution is 6.35. The van der Waals surface area contributed by atoms with Crippen LogP contribution in [0, 0.1) is 0 Å². The van der Waals surface area contributed by atoms with Crippen LogP contribution in [-0.4, -0.2) is 10.9 Å². The summed E-state index contributed by atoms with van der Waals surface area (Å²) in [6.45, 7) is 0. The Kier molecular flexibility index (Phi) is 1.85. The van der Waals surface area contributed by atoms with Gasteiger partial charge in [0.25, 0.3) is 0 Å². The van der Waals surface area contributed by atoms with E-state index in [4.69, 9.17) is 11.6 Å². The topological polar surface area (TPSA) is 22.0 Å². The van der Waals surface area contributed by atoms with Gasteiger partial charge in [0, 0.05) is 29.7 Å². The molecule has 66 valence electrons. The number of fused-ring (bicyclic) bond motifs is 1. The predicted molar refractivity (Wildman–Crippen MR) is 53.3 cm³/mol. The molecule has 0 fully saturated rings. The van der Waals surface area contributed by atoms with Gasteiger partial charge < -0.3 is 4.57 Å². The zero-order valence-corrected chi connectivity index (χ0v) is 7.88. The van der Waals surface area contributed by atoms with E-state index in [1.807, 2.05) is 29.9 Å². The first-order valence-electron chi connectivity index (χ1n) is 3.92. The van der Waals surface area contributed by atoms with Gasteiger partial charge in [0.15, 0.2) is 0 Å². The standard InChI is InChI=1S/C10H8ClNO/c1-12-3-2-8-9(11)4-7(6-13)5-10(8)12/h2-6H,1H3. The highest BCUT2D eigenvalue weighted by Crippen LogP contribution is 2.25. The highest BCUT2D eigenvalue weighted by atomic mass is 35.5. The van der Waals surface area contributed by atoms with Crippen LogP contribution in [0.5, 0.6) is 0 Å². The first-order valence-corrected chi connectivity index (χ1v) is 4.30. The maximum absolute atomic E-state index is 10.6. The molecule has 0 saturated carbocycles. The quantitative estimate of drug-likeness (QED) is 0.639. The fourth-order valence-electron chi connectivity index (χ4n) is 1.42. The molecule has 2 rings (SSSR count). The predicted octanol–water partition coefficient (Wildman–Crippen LogP) is 2.64. The molecule has 0 aliphatic rings. The average Bonchev–Trinajstić information content (AvgIpc) is 2.48. The molecule has 0 atom stereocenters. The number of benzene rings is 1. The number of carbonyl (C=O) groups is 1. The first kappa shape index (κ1) is 8.32. The first-order chi connectivity index (χ1) is 6.22. The smallest absolute Gasteiger partial charge is 0.150 e. The molecule has 0 bridgehead atoms. The van der Waals surface area contributed by atoms with Crippen molar-refractivity contribution in [3.05, 3.63) is 35.0 Å². The molecule has 0 aliphatic heterocycles. The molecule has 1 heterocycles. The van der Waals surface area contributed by atoms with E-state index in [9.17, 15) is 4.79 Å². The fourth-order valence-corrected chi connectivity index (χ4v) is 1.70. The largest absolute Gasteiger partial charge is 0.350 e. The van der Waals surface area contributed by atoms with E-state index in [1.54, 1.807) is 6.07 Å². The minimum absolute atomic E-state index is 0.610. The molecule has 0 saturated heterocycles. The van der Waals surface area contributed by atoms with E-state index in [0.717, 1.165) is 17.2 Å². The lowest BCUT2D eigenvalue weighted by atomic mass is 10.2. The Morgan fingerprint density at radius 3 is 2.92 bits per heavy atom. The Labute approximate surface area is 80.7 Å². The van der Waals surface area contributed by atoms with Crippen LogP contribution < -0.4 is 0 Å². The summed E-state index contributed by atoms with van der Waals surface area (Å²) in [4.78, 5) is 10.6. The molecule has 0 spiro atoms. The molecular formula is C10H8ClNO. The Bertz CT molecular complexity index is 473. The average molecular weight is 194 g/mol. The maximum Gasteiger partial charge on any atom is 0.150 e. The third-order valence-corrected chi connectivity index (χ3v) is 2.42. The van der Waals surface area contributed by atoms with Crippen molar-refractivity contribution in [2.75, 3.05) is 0 Å². The molecule has 13 heavy (non-hydrogen) atoms. The van der Waals surface area contributed by atoms with E-state index >= 15 is 0 Å². The molecule has 0 amide bonds. The van der Waals surface area contributed by atoms with Crippen LogP contribution in [-0.2, 0) is 7.05 Å². The van der Waals surface area contributed by atoms with E-state index in [0.29, 0.717) is 10.6 Å². The summed E-state index contributed by atoms with van der Waals surface area (Å²) in [6.07, 6.45) is 2.73. The number of carbonyl (C=O) groups excluding carboxylic acids is 1. The van der Waals surface area contributed by atoms with Gasteiger partial charge >= 0.3 is 0 Å². The summed E-state index contributed by atoms with van der Waals surface area (Å²) < 4.78 is 1.94. The number of aromatic nitrogens is 1. The number of nitrogens with zero attached hydrogens (tertiary/aromatic N) is 1. The van der Waals surface area contributed by atoms with Crippen molar-refractivity contribution in [2.24, 2.45) is 7.05 Å². The Morgan fingerprint density at radius 2 is 2.23 bits per heavy atom. The summed E-state index contributed by atoms with van der Waals surface area (Å²) in [5.74, 6) is 0. The minimum atomic E-state index is 0.610. The number of aldehydes is 1. The molecule has 2 nitrogen and oxygen atoms in total. The Balaban J connectivity index is 2.87. The van der Waals surface area contributed by atoms with Crippen LogP contribution in [0.2, 0.25) is 5.02 Å². The van der Waals surface area contributed by atoms with Crippen LogP contribution in [0.25, 0.3) is 10.9 Å². The zero-order chi connectivity index (χ0) is 9.42. The van der Waals surface area contributed by atoms with E-state index in [1.165, 1.54) is 0 Å². The third-order valence-electron chi connectivity index (χ3n) is 2.11. The molecule has 1 aromatic carbocycles. The van der Waals surface area contributed by atoms with Gasteiger partial charge in [-0.15, -0.1) is 0 Å².